The minimum atomic E-state index is -1.56. The molecule has 6 aliphatic rings. The van der Waals surface area contributed by atoms with E-state index in [-0.39, 0.29) is 36.9 Å². The number of aliphatic hydroxyl groups excluding tert-OH is 6. The van der Waals surface area contributed by atoms with Crippen molar-refractivity contribution in [1.82, 2.24) is 0 Å². The standard InChI is InChI=1S/C43H70O15/c1-21(8-12-31(41(5,6)53)58-37-35(49)32(46)28(45)19-55-37)25-15-17-43(39(51)52)27-11-10-26-23(18-24(27)14-16-42(25,43)7)9-13-30(40(26,3)4)57-38-36(50)34(48)33(47)29(56-38)20-54-22(2)44/h21,24-25,27-38,45-50,53H,8-20H2,1-7H3,(H,51,52)/t21-,24-,25-,27-,28+,29-,30-,31+,32+,33-,34+,35-,36-,37+,38+,42-,43+/m1/s1. The molecular weight excluding hydrogens is 756 g/mol. The highest BCUT2D eigenvalue weighted by molar-refractivity contribution is 5.77. The number of carbonyl (C=O) groups excluding carboxylic acids is 1. The lowest BCUT2D eigenvalue weighted by Crippen LogP contribution is -2.60. The van der Waals surface area contributed by atoms with Crippen molar-refractivity contribution in [3.8, 4) is 0 Å². The van der Waals surface area contributed by atoms with Crippen molar-refractivity contribution in [2.75, 3.05) is 13.2 Å². The molecule has 17 atom stereocenters. The maximum Gasteiger partial charge on any atom is 0.310 e. The van der Waals surface area contributed by atoms with Crippen molar-refractivity contribution >= 4 is 11.9 Å². The third kappa shape index (κ3) is 8.28. The van der Waals surface area contributed by atoms with Gasteiger partial charge >= 0.3 is 11.9 Å². The normalized spacial score (nSPS) is 44.0. The second-order valence-electron chi connectivity index (χ2n) is 19.9. The van der Waals surface area contributed by atoms with Crippen LogP contribution >= 0.6 is 0 Å². The lowest BCUT2D eigenvalue weighted by Gasteiger charge is -2.56. The first kappa shape index (κ1) is 45.8. The average Bonchev–Trinajstić information content (AvgIpc) is 3.33. The van der Waals surface area contributed by atoms with Crippen LogP contribution in [0.25, 0.3) is 0 Å². The van der Waals surface area contributed by atoms with Gasteiger partial charge in [0.2, 0.25) is 0 Å². The molecule has 0 radical (unpaired) electrons. The molecule has 2 saturated heterocycles. The fourth-order valence-corrected chi connectivity index (χ4v) is 12.4. The zero-order chi connectivity index (χ0) is 42.7. The number of carboxylic acid groups (broad SMARTS) is 1. The molecule has 2 aliphatic heterocycles. The van der Waals surface area contributed by atoms with Gasteiger partial charge in [0.1, 0.15) is 49.3 Å². The highest BCUT2D eigenvalue weighted by Crippen LogP contribution is 2.71. The molecule has 0 bridgehead atoms. The van der Waals surface area contributed by atoms with Crippen LogP contribution in [0.3, 0.4) is 0 Å². The highest BCUT2D eigenvalue weighted by Gasteiger charge is 2.68. The maximum atomic E-state index is 13.8. The first-order valence-electron chi connectivity index (χ1n) is 21.5. The third-order valence-electron chi connectivity index (χ3n) is 15.8. The Kier molecular flexibility index (Phi) is 13.6. The minimum absolute atomic E-state index is 0.0388. The Labute approximate surface area is 342 Å². The first-order chi connectivity index (χ1) is 27.0. The topological polar surface area (TPSA) is 242 Å². The molecule has 0 amide bonds. The number of fused-ring (bicyclic) bond motifs is 3. The van der Waals surface area contributed by atoms with Crippen LogP contribution in [-0.2, 0) is 33.3 Å². The molecule has 0 aromatic heterocycles. The molecule has 0 spiro atoms. The molecule has 332 valence electrons. The summed E-state index contributed by atoms with van der Waals surface area (Å²) in [7, 11) is 0. The van der Waals surface area contributed by atoms with Crippen molar-refractivity contribution in [3.05, 3.63) is 11.1 Å². The molecule has 0 unspecified atom stereocenters. The predicted molar refractivity (Wildman–Crippen MR) is 207 cm³/mol. The Hall–Kier alpha value is -1.76. The van der Waals surface area contributed by atoms with Crippen LogP contribution in [0.15, 0.2) is 11.1 Å². The number of carbonyl (C=O) groups is 2. The van der Waals surface area contributed by atoms with Gasteiger partial charge in [-0.05, 0) is 114 Å². The molecule has 2 heterocycles. The molecule has 4 aliphatic carbocycles. The fourth-order valence-electron chi connectivity index (χ4n) is 12.4. The summed E-state index contributed by atoms with van der Waals surface area (Å²) >= 11 is 0. The van der Waals surface area contributed by atoms with Gasteiger partial charge < -0.3 is 64.5 Å². The van der Waals surface area contributed by atoms with E-state index >= 15 is 0 Å². The molecule has 15 nitrogen and oxygen atoms in total. The summed E-state index contributed by atoms with van der Waals surface area (Å²) in [5.41, 5.74) is -0.597. The lowest BCUT2D eigenvalue weighted by molar-refractivity contribution is -0.318. The second kappa shape index (κ2) is 17.2. The Bertz CT molecular complexity index is 1510. The summed E-state index contributed by atoms with van der Waals surface area (Å²) in [6.45, 7) is 12.5. The molecule has 6 rings (SSSR count). The second-order valence-corrected chi connectivity index (χ2v) is 19.9. The molecule has 15 heteroatoms. The van der Waals surface area contributed by atoms with Crippen molar-refractivity contribution < 1.29 is 74.1 Å². The number of esters is 1. The number of hydrogen-bond acceptors (Lipinski definition) is 14. The van der Waals surface area contributed by atoms with E-state index < -0.39 is 101 Å². The van der Waals surface area contributed by atoms with Gasteiger partial charge in [-0.2, -0.15) is 0 Å². The number of carboxylic acids is 1. The highest BCUT2D eigenvalue weighted by atomic mass is 16.7. The van der Waals surface area contributed by atoms with Crippen molar-refractivity contribution in [2.24, 2.45) is 39.9 Å². The number of allylic oxidation sites excluding steroid dienone is 1. The number of ether oxygens (including phenoxy) is 5. The number of hydrogen-bond donors (Lipinski definition) is 8. The molecule has 0 aromatic rings. The van der Waals surface area contributed by atoms with Crippen LogP contribution in [0.4, 0.5) is 0 Å². The number of aliphatic hydroxyl groups is 7. The zero-order valence-electron chi connectivity index (χ0n) is 35.3. The van der Waals surface area contributed by atoms with E-state index in [9.17, 15) is 50.4 Å². The van der Waals surface area contributed by atoms with Gasteiger partial charge in [-0.15, -0.1) is 0 Å². The number of aliphatic carboxylic acids is 1. The first-order valence-corrected chi connectivity index (χ1v) is 21.5. The summed E-state index contributed by atoms with van der Waals surface area (Å²) in [4.78, 5) is 25.3. The van der Waals surface area contributed by atoms with Crippen LogP contribution in [0.5, 0.6) is 0 Å². The average molecular weight is 827 g/mol. The summed E-state index contributed by atoms with van der Waals surface area (Å²) in [6, 6.07) is 0. The van der Waals surface area contributed by atoms with Gasteiger partial charge in [0.25, 0.3) is 0 Å². The predicted octanol–water partition coefficient (Wildman–Crippen LogP) is 2.57. The molecule has 58 heavy (non-hydrogen) atoms. The largest absolute Gasteiger partial charge is 0.481 e. The molecule has 2 saturated carbocycles. The van der Waals surface area contributed by atoms with Crippen molar-refractivity contribution in [3.63, 3.8) is 0 Å². The van der Waals surface area contributed by atoms with Crippen LogP contribution in [0, 0.1) is 39.9 Å². The van der Waals surface area contributed by atoms with E-state index in [1.807, 2.05) is 0 Å². The molecular formula is C43H70O15. The van der Waals surface area contributed by atoms with Gasteiger partial charge in [-0.25, -0.2) is 0 Å². The summed E-state index contributed by atoms with van der Waals surface area (Å²) in [6.07, 6.45) is -5.66. The van der Waals surface area contributed by atoms with Crippen molar-refractivity contribution in [1.29, 1.82) is 0 Å². The van der Waals surface area contributed by atoms with Gasteiger partial charge in [0.05, 0.1) is 29.8 Å². The summed E-state index contributed by atoms with van der Waals surface area (Å²) in [5, 5.41) is 85.1. The Morgan fingerprint density at radius 1 is 0.879 bits per heavy atom. The Balaban J connectivity index is 1.15. The van der Waals surface area contributed by atoms with Gasteiger partial charge in [-0.3, -0.25) is 9.59 Å². The van der Waals surface area contributed by atoms with Gasteiger partial charge in [0, 0.05) is 12.3 Å². The van der Waals surface area contributed by atoms with E-state index in [1.165, 1.54) is 18.1 Å². The van der Waals surface area contributed by atoms with E-state index in [4.69, 9.17) is 23.7 Å². The van der Waals surface area contributed by atoms with E-state index in [0.717, 1.165) is 38.5 Å². The van der Waals surface area contributed by atoms with Crippen LogP contribution in [0.1, 0.15) is 119 Å². The van der Waals surface area contributed by atoms with Gasteiger partial charge in [-0.1, -0.05) is 38.8 Å². The van der Waals surface area contributed by atoms with Crippen LogP contribution < -0.4 is 0 Å². The quantitative estimate of drug-likeness (QED) is 0.104. The zero-order valence-corrected chi connectivity index (χ0v) is 35.3. The van der Waals surface area contributed by atoms with Gasteiger partial charge in [0.15, 0.2) is 12.6 Å². The molecule has 0 aromatic carbocycles. The Morgan fingerprint density at radius 3 is 2.22 bits per heavy atom. The minimum Gasteiger partial charge on any atom is -0.481 e. The van der Waals surface area contributed by atoms with E-state index in [2.05, 4.69) is 27.7 Å². The molecule has 4 fully saturated rings. The van der Waals surface area contributed by atoms with Crippen LogP contribution in [-0.4, -0.2) is 139 Å². The third-order valence-corrected chi connectivity index (χ3v) is 15.8. The summed E-state index contributed by atoms with van der Waals surface area (Å²) < 4.78 is 28.9. The van der Waals surface area contributed by atoms with E-state index in [1.54, 1.807) is 13.8 Å². The number of rotatable bonds is 12. The molecule has 8 N–H and O–H groups in total. The fraction of sp³-hybridized carbons (Fsp3) is 0.907. The van der Waals surface area contributed by atoms with E-state index in [0.29, 0.717) is 32.1 Å². The smallest absolute Gasteiger partial charge is 0.310 e. The Morgan fingerprint density at radius 2 is 1.57 bits per heavy atom. The van der Waals surface area contributed by atoms with Crippen molar-refractivity contribution in [2.45, 2.75) is 192 Å². The SMILES string of the molecule is CC(=O)OC[C@H]1O[C@@H](O[C@@H]2CCC3=C(CC[C@@H]4[C@H](CC[C@]5(C)[C@@H]([C@H](C)CC[C@H](O[C@@H]6OC[C@H](O)[C@H](O)[C@H]6O)C(C)(C)O)CC[C@@]45C(=O)O)C3)C2(C)C)[C@H](O)[C@@H](O)[C@@H]1O. The monoisotopic (exact) mass is 826 g/mol. The summed E-state index contributed by atoms with van der Waals surface area (Å²) in [5.74, 6) is -0.911. The lowest BCUT2D eigenvalue weighted by atomic mass is 9.47. The maximum absolute atomic E-state index is 13.8. The van der Waals surface area contributed by atoms with Crippen LogP contribution in [0.2, 0.25) is 0 Å².